The van der Waals surface area contributed by atoms with Crippen LogP contribution in [-0.2, 0) is 29.0 Å². The summed E-state index contributed by atoms with van der Waals surface area (Å²) in [4.78, 5) is 12.3. The second-order valence-electron chi connectivity index (χ2n) is 6.24. The SMILES string of the molecule is CC1CC(C)C1(OC(=O)[C-](I)C12NI1N2)C(C)(O)C(F)(F)F.[Rh]. The Bertz CT molecular complexity index is 520. The number of ether oxygens (including phenoxy) is 1. The fourth-order valence-corrected chi connectivity index (χ4v) is 10.1. The molecule has 1 aliphatic carbocycles. The van der Waals surface area contributed by atoms with Gasteiger partial charge in [-0.05, 0) is 0 Å². The number of esters is 1. The molecular weight excluding hydrogens is 634 g/mol. The van der Waals surface area contributed by atoms with Crippen molar-refractivity contribution >= 4 is 48.9 Å². The maximum absolute atomic E-state index is 13.3. The molecular formula is C12H16F3I2N2O3Rh-. The van der Waals surface area contributed by atoms with Gasteiger partial charge in [0, 0.05) is 19.5 Å². The molecule has 3 fully saturated rings. The molecule has 0 bridgehead atoms. The number of hydrogen-bond donors (Lipinski definition) is 3. The second kappa shape index (κ2) is 5.80. The van der Waals surface area contributed by atoms with E-state index < -0.39 is 59.2 Å². The van der Waals surface area contributed by atoms with Gasteiger partial charge in [-0.15, -0.1) is 0 Å². The summed E-state index contributed by atoms with van der Waals surface area (Å²) in [7, 11) is 0. The topological polar surface area (TPSA) is 90.4 Å². The first kappa shape index (κ1) is 20.4. The van der Waals surface area contributed by atoms with Gasteiger partial charge in [-0.2, -0.15) is 0 Å². The summed E-state index contributed by atoms with van der Waals surface area (Å²) in [5, 5.41) is 10.2. The van der Waals surface area contributed by atoms with Crippen LogP contribution in [-0.4, -0.2) is 32.1 Å². The average molecular weight is 650 g/mol. The van der Waals surface area contributed by atoms with Crippen molar-refractivity contribution in [3.8, 4) is 0 Å². The van der Waals surface area contributed by atoms with Crippen molar-refractivity contribution in [2.45, 2.75) is 48.2 Å². The number of fused-ring (bicyclic) bond motifs is 1. The largest absolute Gasteiger partial charge is 0 e. The first-order valence-electron chi connectivity index (χ1n) is 6.71. The molecule has 5 nitrogen and oxygen atoms in total. The van der Waals surface area contributed by atoms with Crippen molar-refractivity contribution in [2.24, 2.45) is 11.8 Å². The molecule has 0 aromatic carbocycles. The number of aliphatic hydroxyl groups is 1. The number of hydrogen-bond acceptors (Lipinski definition) is 5. The van der Waals surface area contributed by atoms with Gasteiger partial charge in [-0.3, -0.25) is 0 Å². The zero-order valence-electron chi connectivity index (χ0n) is 12.3. The Kier molecular flexibility index (Phi) is 5.14. The molecule has 3 rings (SSSR count). The Balaban J connectivity index is 0.00000192. The van der Waals surface area contributed by atoms with Crippen LogP contribution in [0.15, 0.2) is 0 Å². The number of halogens is 5. The molecule has 137 valence electrons. The standard InChI is InChI=1S/C12H16F3I2N2O3.Rh/c1-5-4-6(2)10(5,9(3,21)12(13,14)15)22-8(20)7(16)11-17(18-11)19-11;/h5-6,18-19,21H,4H2,1-3H3;/q-1;. The first-order chi connectivity index (χ1) is 9.90. The van der Waals surface area contributed by atoms with Crippen LogP contribution in [0.5, 0.6) is 0 Å². The number of rotatable bonds is 4. The Morgan fingerprint density at radius 1 is 1.39 bits per heavy atom. The molecule has 0 amide bonds. The minimum absolute atomic E-state index is 0. The van der Waals surface area contributed by atoms with E-state index in [1.807, 2.05) is 22.6 Å². The zero-order chi connectivity index (χ0) is 16.7. The Hall–Kier alpha value is 1.09. The maximum atomic E-state index is 13.3. The van der Waals surface area contributed by atoms with Gasteiger partial charge in [0.1, 0.15) is 0 Å². The molecule has 3 atom stereocenters. The summed E-state index contributed by atoms with van der Waals surface area (Å²) in [5.41, 5.74) is -5.04. The van der Waals surface area contributed by atoms with E-state index in [9.17, 15) is 23.1 Å². The Labute approximate surface area is 166 Å². The van der Waals surface area contributed by atoms with E-state index in [0.717, 1.165) is 0 Å². The molecule has 0 aromatic heterocycles. The molecule has 2 saturated heterocycles. The molecule has 11 heteroatoms. The summed E-state index contributed by atoms with van der Waals surface area (Å²) in [6.45, 7) is 3.84. The van der Waals surface area contributed by atoms with Gasteiger partial charge in [0.25, 0.3) is 0 Å². The third-order valence-corrected chi connectivity index (χ3v) is 11.5. The molecule has 0 spiro atoms. The molecule has 3 unspecified atom stereocenters. The van der Waals surface area contributed by atoms with Gasteiger partial charge in [0.15, 0.2) is 0 Å². The van der Waals surface area contributed by atoms with Gasteiger partial charge in [-0.1, -0.05) is 0 Å². The number of nitrogens with one attached hydrogen (secondary N) is 2. The van der Waals surface area contributed by atoms with Crippen molar-refractivity contribution < 1.29 is 47.3 Å². The number of carbonyl (C=O) groups excluding carboxylic acids is 1. The monoisotopic (exact) mass is 650 g/mol. The van der Waals surface area contributed by atoms with Crippen LogP contribution in [0, 0.1) is 15.8 Å². The summed E-state index contributed by atoms with van der Waals surface area (Å²) in [6, 6.07) is 0. The van der Waals surface area contributed by atoms with Crippen LogP contribution in [0.1, 0.15) is 27.2 Å². The fraction of sp³-hybridized carbons (Fsp3) is 0.833. The van der Waals surface area contributed by atoms with Gasteiger partial charge in [0.2, 0.25) is 0 Å². The molecule has 3 N–H and O–H groups in total. The number of carbonyl (C=O) groups is 1. The zero-order valence-corrected chi connectivity index (χ0v) is 18.3. The third-order valence-electron chi connectivity index (χ3n) is 4.89. The minimum Gasteiger partial charge on any atom is 0 e. The molecule has 1 saturated carbocycles. The van der Waals surface area contributed by atoms with E-state index in [1.165, 1.54) is 0 Å². The summed E-state index contributed by atoms with van der Waals surface area (Å²) in [6.07, 6.45) is -4.41. The van der Waals surface area contributed by atoms with E-state index in [1.54, 1.807) is 13.8 Å². The molecule has 23 heavy (non-hydrogen) atoms. The normalized spacial score (nSPS) is 37.5. The molecule has 3 aliphatic rings. The smallest absolute Gasteiger partial charge is 0 e. The maximum Gasteiger partial charge on any atom is 0 e. The van der Waals surface area contributed by atoms with Crippen molar-refractivity contribution in [1.29, 1.82) is 0 Å². The quantitative estimate of drug-likeness (QED) is 0.0637. The van der Waals surface area contributed by atoms with Crippen LogP contribution in [0.3, 0.4) is 0 Å². The fourth-order valence-electron chi connectivity index (χ4n) is 3.42. The van der Waals surface area contributed by atoms with Crippen LogP contribution in [0.25, 0.3) is 0 Å². The Morgan fingerprint density at radius 3 is 2.13 bits per heavy atom. The molecule has 1 radical (unpaired) electrons. The third kappa shape index (κ3) is 2.66. The van der Waals surface area contributed by atoms with E-state index in [4.69, 9.17) is 4.74 Å². The van der Waals surface area contributed by atoms with Crippen molar-refractivity contribution in [3.05, 3.63) is 3.92 Å². The predicted molar refractivity (Wildman–Crippen MR) is 88.7 cm³/mol. The van der Waals surface area contributed by atoms with Gasteiger partial charge in [0.05, 0.1) is 0 Å². The van der Waals surface area contributed by atoms with Gasteiger partial charge >= 0.3 is 148 Å². The van der Waals surface area contributed by atoms with E-state index in [0.29, 0.717) is 17.3 Å². The first-order valence-corrected chi connectivity index (χ1v) is 11.0. The molecule has 2 heterocycles. The second-order valence-corrected chi connectivity index (χ2v) is 11.6. The van der Waals surface area contributed by atoms with Crippen molar-refractivity contribution in [3.63, 3.8) is 0 Å². The van der Waals surface area contributed by atoms with Crippen LogP contribution in [0.4, 0.5) is 13.2 Å². The van der Waals surface area contributed by atoms with Gasteiger partial charge in [-0.25, -0.2) is 0 Å². The Morgan fingerprint density at radius 2 is 1.83 bits per heavy atom. The van der Waals surface area contributed by atoms with E-state index >= 15 is 0 Å². The molecule has 2 aliphatic heterocycles. The summed E-state index contributed by atoms with van der Waals surface area (Å²) in [5.74, 6) is -1.92. The summed E-state index contributed by atoms with van der Waals surface area (Å²) < 4.78 is 51.5. The van der Waals surface area contributed by atoms with Gasteiger partial charge < -0.3 is 0 Å². The predicted octanol–water partition coefficient (Wildman–Crippen LogP) is 2.42. The summed E-state index contributed by atoms with van der Waals surface area (Å²) >= 11 is 0.385. The van der Waals surface area contributed by atoms with Crippen LogP contribution < -0.4 is 7.06 Å². The average Bonchev–Trinajstić information content (AvgIpc) is 3.21. The number of alkyl halides is 4. The van der Waals surface area contributed by atoms with Crippen molar-refractivity contribution in [1.82, 2.24) is 7.06 Å². The molecule has 0 aromatic rings. The van der Waals surface area contributed by atoms with Crippen molar-refractivity contribution in [2.75, 3.05) is 0 Å². The van der Waals surface area contributed by atoms with Crippen LogP contribution >= 0.6 is 43.0 Å². The van der Waals surface area contributed by atoms with E-state index in [2.05, 4.69) is 7.06 Å². The van der Waals surface area contributed by atoms with E-state index in [-0.39, 0.29) is 19.5 Å². The van der Waals surface area contributed by atoms with Crippen LogP contribution in [0.2, 0.25) is 0 Å². The minimum atomic E-state index is -4.88.